The van der Waals surface area contributed by atoms with Crippen molar-refractivity contribution in [1.29, 1.82) is 0 Å². The fourth-order valence-corrected chi connectivity index (χ4v) is 7.72. The molecule has 69 heavy (non-hydrogen) atoms. The number of aliphatic hydroxyl groups is 5. The molecule has 0 spiro atoms. The van der Waals surface area contributed by atoms with Gasteiger partial charge in [0.15, 0.2) is 6.29 Å². The van der Waals surface area contributed by atoms with E-state index in [4.69, 9.17) is 9.47 Å². The van der Waals surface area contributed by atoms with E-state index in [-0.39, 0.29) is 12.5 Å². The summed E-state index contributed by atoms with van der Waals surface area (Å²) in [6.45, 7) is 3.62. The molecular weight excluding hydrogens is 863 g/mol. The van der Waals surface area contributed by atoms with Gasteiger partial charge < -0.3 is 40.3 Å². The Labute approximate surface area is 420 Å². The highest BCUT2D eigenvalue weighted by molar-refractivity contribution is 5.76. The van der Waals surface area contributed by atoms with Crippen LogP contribution in [0.25, 0.3) is 0 Å². The highest BCUT2D eigenvalue weighted by Gasteiger charge is 2.44. The van der Waals surface area contributed by atoms with Crippen LogP contribution in [0.1, 0.15) is 194 Å². The maximum atomic E-state index is 13.0. The van der Waals surface area contributed by atoms with E-state index in [0.717, 1.165) is 116 Å². The number of amides is 1. The van der Waals surface area contributed by atoms with Crippen molar-refractivity contribution in [3.63, 3.8) is 0 Å². The first-order chi connectivity index (χ1) is 33.8. The highest BCUT2D eigenvalue weighted by atomic mass is 16.7. The monoisotopic (exact) mass is 962 g/mol. The van der Waals surface area contributed by atoms with E-state index in [9.17, 15) is 30.3 Å². The quantitative estimate of drug-likeness (QED) is 0.0261. The second kappa shape index (κ2) is 48.2. The number of ether oxygens (including phenoxy) is 2. The first kappa shape index (κ1) is 63.6. The Hall–Kier alpha value is -3.41. The van der Waals surface area contributed by atoms with Crippen LogP contribution in [0.2, 0.25) is 0 Å². The molecule has 0 bridgehead atoms. The predicted octanol–water partition coefficient (Wildman–Crippen LogP) is 13.2. The summed E-state index contributed by atoms with van der Waals surface area (Å²) in [7, 11) is 0. The number of carbonyl (C=O) groups excluding carboxylic acids is 1. The van der Waals surface area contributed by atoms with Crippen molar-refractivity contribution in [3.8, 4) is 0 Å². The fourth-order valence-electron chi connectivity index (χ4n) is 7.72. The minimum atomic E-state index is -1.58. The van der Waals surface area contributed by atoms with Crippen LogP contribution in [-0.2, 0) is 14.3 Å². The lowest BCUT2D eigenvalue weighted by Crippen LogP contribution is -2.60. The van der Waals surface area contributed by atoms with Gasteiger partial charge in [-0.2, -0.15) is 0 Å². The van der Waals surface area contributed by atoms with Crippen LogP contribution in [0.4, 0.5) is 0 Å². The molecule has 1 rings (SSSR count). The molecule has 0 radical (unpaired) electrons. The smallest absolute Gasteiger partial charge is 0.220 e. The Kier molecular flexibility index (Phi) is 44.5. The van der Waals surface area contributed by atoms with Gasteiger partial charge >= 0.3 is 0 Å². The third kappa shape index (κ3) is 38.0. The van der Waals surface area contributed by atoms with E-state index in [0.29, 0.717) is 6.42 Å². The Balaban J connectivity index is 2.27. The van der Waals surface area contributed by atoms with E-state index in [2.05, 4.69) is 129 Å². The fraction of sp³-hybridized carbons (Fsp3) is 0.650. The van der Waals surface area contributed by atoms with Crippen molar-refractivity contribution in [1.82, 2.24) is 5.32 Å². The van der Waals surface area contributed by atoms with Gasteiger partial charge in [0.2, 0.25) is 5.91 Å². The molecule has 7 unspecified atom stereocenters. The number of aliphatic hydroxyl groups excluding tert-OH is 5. The minimum absolute atomic E-state index is 0.208. The molecule has 9 heteroatoms. The normalized spacial score (nSPS) is 20.5. The molecule has 1 heterocycles. The molecule has 9 nitrogen and oxygen atoms in total. The molecule has 0 aromatic carbocycles. The number of rotatable bonds is 44. The van der Waals surface area contributed by atoms with Crippen LogP contribution >= 0.6 is 0 Å². The molecule has 6 N–H and O–H groups in total. The molecule has 1 aliphatic heterocycles. The van der Waals surface area contributed by atoms with Crippen LogP contribution in [-0.4, -0.2) is 87.5 Å². The summed E-state index contributed by atoms with van der Waals surface area (Å²) in [4.78, 5) is 13.0. The SMILES string of the molecule is CC/C=C\C/C=C\C/C=C\C/C=C\C/C=C\C/C=C\C/C=C\C/C=C\CCCCCCCCC(=O)NC(COC1OC(CO)C(O)C(O)C1O)C(O)/C=C/CC/C=C/CCCCCCCCCCC. The Morgan fingerprint density at radius 2 is 0.913 bits per heavy atom. The zero-order valence-electron chi connectivity index (χ0n) is 43.3. The maximum absolute atomic E-state index is 13.0. The number of unbranched alkanes of at least 4 members (excludes halogenated alkanes) is 16. The van der Waals surface area contributed by atoms with Crippen molar-refractivity contribution in [2.45, 2.75) is 236 Å². The topological polar surface area (TPSA) is 149 Å². The summed E-state index contributed by atoms with van der Waals surface area (Å²) in [5.74, 6) is -0.208. The number of hydrogen-bond acceptors (Lipinski definition) is 8. The van der Waals surface area contributed by atoms with Gasteiger partial charge in [0.05, 0.1) is 25.4 Å². The summed E-state index contributed by atoms with van der Waals surface area (Å²) in [6, 6.07) is -0.839. The number of allylic oxidation sites excluding steroid dienone is 19. The maximum Gasteiger partial charge on any atom is 0.220 e. The molecular formula is C60H99NO8. The molecule has 1 fully saturated rings. The molecule has 1 amide bonds. The van der Waals surface area contributed by atoms with E-state index in [1.165, 1.54) is 57.8 Å². The summed E-state index contributed by atoms with van der Waals surface area (Å²) in [5, 5.41) is 54.3. The molecule has 0 aromatic rings. The first-order valence-electron chi connectivity index (χ1n) is 27.3. The zero-order chi connectivity index (χ0) is 50.1. The molecule has 7 atom stereocenters. The van der Waals surface area contributed by atoms with Crippen LogP contribution in [0, 0.1) is 0 Å². The van der Waals surface area contributed by atoms with E-state index in [1.807, 2.05) is 6.08 Å². The van der Waals surface area contributed by atoms with Gasteiger partial charge in [-0.3, -0.25) is 4.79 Å². The lowest BCUT2D eigenvalue weighted by atomic mass is 9.99. The molecule has 1 saturated heterocycles. The van der Waals surface area contributed by atoms with Gasteiger partial charge in [0.25, 0.3) is 0 Å². The van der Waals surface area contributed by atoms with Crippen molar-refractivity contribution in [2.75, 3.05) is 13.2 Å². The standard InChI is InChI=1S/C60H99NO8/c1-3-5-7-9-11-13-15-17-19-20-21-22-23-24-25-26-27-28-29-30-31-32-33-34-36-38-40-42-44-46-48-50-56(64)61-53(52-68-60-59(67)58(66)57(65)55(51-62)69-60)54(63)49-47-45-43-41-39-37-35-18-16-14-12-10-8-6-4-2/h5,7,11,13,17,19,21-22,24-25,27-28,30-31,33-34,39,41,47,49,53-55,57-60,62-63,65-67H,3-4,6,8-10,12,14-16,18,20,23,26,29,32,35-38,40,42-46,48,50-52H2,1-2H3,(H,61,64)/b7-5-,13-11-,19-17-,22-21-,25-24-,28-27-,31-30-,34-33-,41-39+,49-47+. The highest BCUT2D eigenvalue weighted by Crippen LogP contribution is 2.22. The molecule has 392 valence electrons. The molecule has 0 saturated carbocycles. The Morgan fingerprint density at radius 1 is 0.507 bits per heavy atom. The Morgan fingerprint density at radius 3 is 1.39 bits per heavy atom. The molecule has 0 aliphatic carbocycles. The van der Waals surface area contributed by atoms with Gasteiger partial charge in [-0.1, -0.05) is 212 Å². The van der Waals surface area contributed by atoms with E-state index >= 15 is 0 Å². The predicted molar refractivity (Wildman–Crippen MR) is 290 cm³/mol. The summed E-state index contributed by atoms with van der Waals surface area (Å²) < 4.78 is 11.2. The average molecular weight is 962 g/mol. The van der Waals surface area contributed by atoms with Crippen LogP contribution < -0.4 is 5.32 Å². The van der Waals surface area contributed by atoms with Crippen LogP contribution in [0.3, 0.4) is 0 Å². The van der Waals surface area contributed by atoms with Crippen LogP contribution in [0.15, 0.2) is 122 Å². The largest absolute Gasteiger partial charge is 0.394 e. The van der Waals surface area contributed by atoms with Crippen molar-refractivity contribution in [3.05, 3.63) is 122 Å². The number of hydrogen-bond donors (Lipinski definition) is 6. The van der Waals surface area contributed by atoms with Gasteiger partial charge in [-0.15, -0.1) is 0 Å². The zero-order valence-corrected chi connectivity index (χ0v) is 43.3. The summed E-state index contributed by atoms with van der Waals surface area (Å²) in [5.41, 5.74) is 0. The summed E-state index contributed by atoms with van der Waals surface area (Å²) in [6.07, 6.45) is 65.3. The molecule has 0 aromatic heterocycles. The van der Waals surface area contributed by atoms with Gasteiger partial charge in [0, 0.05) is 6.42 Å². The average Bonchev–Trinajstić information content (AvgIpc) is 3.35. The summed E-state index contributed by atoms with van der Waals surface area (Å²) >= 11 is 0. The van der Waals surface area contributed by atoms with E-state index < -0.39 is 49.5 Å². The van der Waals surface area contributed by atoms with Gasteiger partial charge in [-0.05, 0) is 96.3 Å². The number of nitrogens with one attached hydrogen (secondary N) is 1. The minimum Gasteiger partial charge on any atom is -0.394 e. The first-order valence-corrected chi connectivity index (χ1v) is 27.3. The molecule has 1 aliphatic rings. The lowest BCUT2D eigenvalue weighted by molar-refractivity contribution is -0.302. The van der Waals surface area contributed by atoms with Crippen molar-refractivity contribution in [2.24, 2.45) is 0 Å². The van der Waals surface area contributed by atoms with Crippen LogP contribution in [0.5, 0.6) is 0 Å². The third-order valence-electron chi connectivity index (χ3n) is 12.0. The van der Waals surface area contributed by atoms with E-state index in [1.54, 1.807) is 6.08 Å². The second-order valence-electron chi connectivity index (χ2n) is 18.3. The number of carbonyl (C=O) groups is 1. The second-order valence-corrected chi connectivity index (χ2v) is 18.3. The van der Waals surface area contributed by atoms with Gasteiger partial charge in [0.1, 0.15) is 24.4 Å². The Bertz CT molecular complexity index is 1490. The third-order valence-corrected chi connectivity index (χ3v) is 12.0. The van der Waals surface area contributed by atoms with Crippen molar-refractivity contribution < 1.29 is 39.8 Å². The van der Waals surface area contributed by atoms with Gasteiger partial charge in [-0.25, -0.2) is 0 Å². The van der Waals surface area contributed by atoms with Crippen molar-refractivity contribution >= 4 is 5.91 Å². The lowest BCUT2D eigenvalue weighted by Gasteiger charge is -2.40.